The minimum atomic E-state index is 0.107. The predicted molar refractivity (Wildman–Crippen MR) is 87.8 cm³/mol. The van der Waals surface area contributed by atoms with Crippen molar-refractivity contribution in [2.75, 3.05) is 13.2 Å². The molecule has 0 spiro atoms. The molecule has 2 heteroatoms. The molecule has 0 aliphatic carbocycles. The summed E-state index contributed by atoms with van der Waals surface area (Å²) in [4.78, 5) is 0. The van der Waals surface area contributed by atoms with Gasteiger partial charge in [0.2, 0.25) is 0 Å². The van der Waals surface area contributed by atoms with Gasteiger partial charge in [-0.2, -0.15) is 0 Å². The number of hydrogen-bond donors (Lipinski definition) is 1. The molecule has 1 heterocycles. The number of nitrogens with one attached hydrogen (secondary N) is 1. The van der Waals surface area contributed by atoms with Crippen LogP contribution in [0.3, 0.4) is 0 Å². The van der Waals surface area contributed by atoms with Gasteiger partial charge in [0.05, 0.1) is 6.61 Å². The van der Waals surface area contributed by atoms with E-state index in [4.69, 9.17) is 4.74 Å². The van der Waals surface area contributed by atoms with Crippen molar-refractivity contribution in [3.8, 4) is 16.9 Å². The highest BCUT2D eigenvalue weighted by atomic mass is 16.5. The van der Waals surface area contributed by atoms with E-state index in [2.05, 4.69) is 68.6 Å². The molecule has 0 aromatic heterocycles. The Morgan fingerprint density at radius 3 is 2.48 bits per heavy atom. The van der Waals surface area contributed by atoms with Crippen molar-refractivity contribution in [3.05, 3.63) is 53.6 Å². The van der Waals surface area contributed by atoms with E-state index in [0.717, 1.165) is 25.4 Å². The highest BCUT2D eigenvalue weighted by Crippen LogP contribution is 2.40. The topological polar surface area (TPSA) is 21.3 Å². The molecule has 2 aromatic carbocycles. The molecule has 21 heavy (non-hydrogen) atoms. The summed E-state index contributed by atoms with van der Waals surface area (Å²) in [7, 11) is 0. The largest absolute Gasteiger partial charge is 0.492 e. The fraction of sp³-hybridized carbons (Fsp3) is 0.368. The minimum Gasteiger partial charge on any atom is -0.492 e. The average molecular weight is 281 g/mol. The number of benzene rings is 2. The maximum absolute atomic E-state index is 5.76. The van der Waals surface area contributed by atoms with Gasteiger partial charge in [0.25, 0.3) is 0 Å². The lowest BCUT2D eigenvalue weighted by molar-refractivity contribution is 0.291. The van der Waals surface area contributed by atoms with Gasteiger partial charge in [-0.25, -0.2) is 0 Å². The fourth-order valence-corrected chi connectivity index (χ4v) is 2.78. The summed E-state index contributed by atoms with van der Waals surface area (Å²) in [5.74, 6) is 1.03. The van der Waals surface area contributed by atoms with Crippen LogP contribution in [0.2, 0.25) is 0 Å². The van der Waals surface area contributed by atoms with Gasteiger partial charge in [-0.05, 0) is 35.4 Å². The van der Waals surface area contributed by atoms with E-state index in [1.165, 1.54) is 22.3 Å². The van der Waals surface area contributed by atoms with Gasteiger partial charge in [0, 0.05) is 17.5 Å². The first-order valence-corrected chi connectivity index (χ1v) is 7.67. The van der Waals surface area contributed by atoms with E-state index in [0.29, 0.717) is 0 Å². The summed E-state index contributed by atoms with van der Waals surface area (Å²) in [6, 6.07) is 15.3. The lowest BCUT2D eigenvalue weighted by Crippen LogP contribution is -2.18. The first-order valence-electron chi connectivity index (χ1n) is 7.67. The second-order valence-corrected chi connectivity index (χ2v) is 6.36. The average Bonchev–Trinajstić information content (AvgIpc) is 2.81. The van der Waals surface area contributed by atoms with Crippen molar-refractivity contribution in [1.82, 2.24) is 5.32 Å². The van der Waals surface area contributed by atoms with E-state index in [-0.39, 0.29) is 5.41 Å². The molecule has 1 aliphatic heterocycles. The summed E-state index contributed by atoms with van der Waals surface area (Å²) >= 11 is 0. The molecule has 0 bridgehead atoms. The number of hydrogen-bond acceptors (Lipinski definition) is 2. The van der Waals surface area contributed by atoms with Crippen molar-refractivity contribution in [2.45, 2.75) is 32.7 Å². The predicted octanol–water partition coefficient (Wildman–Crippen LogP) is 4.13. The molecule has 0 saturated heterocycles. The quantitative estimate of drug-likeness (QED) is 0.909. The second kappa shape index (κ2) is 5.53. The van der Waals surface area contributed by atoms with Crippen molar-refractivity contribution in [2.24, 2.45) is 0 Å². The van der Waals surface area contributed by atoms with Crippen LogP contribution in [0.15, 0.2) is 42.5 Å². The van der Waals surface area contributed by atoms with Gasteiger partial charge >= 0.3 is 0 Å². The van der Waals surface area contributed by atoms with Crippen LogP contribution in [-0.2, 0) is 12.0 Å². The molecular formula is C19H23NO. The minimum absolute atomic E-state index is 0.107. The molecule has 0 atom stereocenters. The molecule has 3 rings (SSSR count). The molecule has 0 fully saturated rings. The van der Waals surface area contributed by atoms with Crippen molar-refractivity contribution in [3.63, 3.8) is 0 Å². The first-order chi connectivity index (χ1) is 10.1. The van der Waals surface area contributed by atoms with E-state index < -0.39 is 0 Å². The van der Waals surface area contributed by atoms with Gasteiger partial charge in [0.15, 0.2) is 0 Å². The van der Waals surface area contributed by atoms with Crippen LogP contribution in [0.4, 0.5) is 0 Å². The molecule has 110 valence electrons. The Bertz CT molecular complexity index is 629. The molecule has 2 nitrogen and oxygen atoms in total. The summed E-state index contributed by atoms with van der Waals surface area (Å²) in [6.45, 7) is 9.31. The molecule has 2 aromatic rings. The molecule has 0 unspecified atom stereocenters. The normalized spacial score (nSPS) is 15.6. The van der Waals surface area contributed by atoms with Gasteiger partial charge < -0.3 is 10.1 Å². The maximum atomic E-state index is 5.76. The van der Waals surface area contributed by atoms with E-state index in [1.807, 2.05) is 0 Å². The van der Waals surface area contributed by atoms with Crippen LogP contribution in [-0.4, -0.2) is 13.2 Å². The van der Waals surface area contributed by atoms with Crippen molar-refractivity contribution >= 4 is 0 Å². The zero-order valence-corrected chi connectivity index (χ0v) is 13.1. The molecule has 0 amide bonds. The Labute approximate surface area is 127 Å². The Morgan fingerprint density at radius 1 is 1.05 bits per heavy atom. The zero-order chi connectivity index (χ0) is 14.9. The molecular weight excluding hydrogens is 258 g/mol. The maximum Gasteiger partial charge on any atom is 0.123 e. The molecule has 1 N–H and O–H groups in total. The molecule has 1 aliphatic rings. The van der Waals surface area contributed by atoms with Crippen LogP contribution in [0, 0.1) is 0 Å². The first kappa shape index (κ1) is 14.2. The summed E-state index contributed by atoms with van der Waals surface area (Å²) in [6.07, 6.45) is 0. The van der Waals surface area contributed by atoms with E-state index in [1.54, 1.807) is 0 Å². The highest BCUT2D eigenvalue weighted by molar-refractivity contribution is 5.67. The smallest absolute Gasteiger partial charge is 0.123 e. The molecule has 0 radical (unpaired) electrons. The Morgan fingerprint density at radius 2 is 1.76 bits per heavy atom. The van der Waals surface area contributed by atoms with Gasteiger partial charge in [-0.3, -0.25) is 0 Å². The van der Waals surface area contributed by atoms with Crippen molar-refractivity contribution < 1.29 is 4.74 Å². The van der Waals surface area contributed by atoms with E-state index >= 15 is 0 Å². The van der Waals surface area contributed by atoms with Crippen LogP contribution >= 0.6 is 0 Å². The van der Waals surface area contributed by atoms with Crippen LogP contribution in [0.1, 0.15) is 31.9 Å². The van der Waals surface area contributed by atoms with Crippen LogP contribution in [0.5, 0.6) is 5.75 Å². The van der Waals surface area contributed by atoms with Gasteiger partial charge in [-0.1, -0.05) is 51.1 Å². The highest BCUT2D eigenvalue weighted by Gasteiger charge is 2.31. The lowest BCUT2D eigenvalue weighted by atomic mass is 9.85. The summed E-state index contributed by atoms with van der Waals surface area (Å²) in [5, 5.41) is 3.35. The van der Waals surface area contributed by atoms with Crippen LogP contribution in [0.25, 0.3) is 11.1 Å². The third-order valence-electron chi connectivity index (χ3n) is 4.16. The third-order valence-corrected chi connectivity index (χ3v) is 4.16. The Balaban J connectivity index is 1.88. The summed E-state index contributed by atoms with van der Waals surface area (Å²) in [5.41, 5.74) is 5.28. The Kier molecular flexibility index (Phi) is 3.73. The monoisotopic (exact) mass is 281 g/mol. The van der Waals surface area contributed by atoms with Crippen LogP contribution < -0.4 is 10.1 Å². The third kappa shape index (κ3) is 2.81. The lowest BCUT2D eigenvalue weighted by Gasteiger charge is -2.16. The van der Waals surface area contributed by atoms with Gasteiger partial charge in [-0.15, -0.1) is 0 Å². The number of ether oxygens (including phenoxy) is 1. The van der Waals surface area contributed by atoms with Gasteiger partial charge in [0.1, 0.15) is 5.75 Å². The van der Waals surface area contributed by atoms with E-state index in [9.17, 15) is 0 Å². The zero-order valence-electron chi connectivity index (χ0n) is 13.1. The number of rotatable bonds is 4. The SMILES string of the molecule is CCNCc1ccc(-c2ccc3c(c2)C(C)(C)CO3)cc1. The second-order valence-electron chi connectivity index (χ2n) is 6.36. The number of fused-ring (bicyclic) bond motifs is 1. The molecule has 0 saturated carbocycles. The summed E-state index contributed by atoms with van der Waals surface area (Å²) < 4.78 is 5.76. The standard InChI is InChI=1S/C19H23NO/c1-4-20-12-14-5-7-15(8-6-14)16-9-10-18-17(11-16)19(2,3)13-21-18/h5-11,20H,4,12-13H2,1-3H3. The Hall–Kier alpha value is -1.80. The fourth-order valence-electron chi connectivity index (χ4n) is 2.78. The van der Waals surface area contributed by atoms with Crippen molar-refractivity contribution in [1.29, 1.82) is 0 Å².